The molecule has 0 aromatic rings. The maximum atomic E-state index is 10.9. The van der Waals surface area contributed by atoms with Gasteiger partial charge in [0.05, 0.1) is 0 Å². The summed E-state index contributed by atoms with van der Waals surface area (Å²) in [4.78, 5) is 20.5. The summed E-state index contributed by atoms with van der Waals surface area (Å²) in [5, 5.41) is 0. The van der Waals surface area contributed by atoms with Crippen molar-refractivity contribution in [1.82, 2.24) is 0 Å². The van der Waals surface area contributed by atoms with Crippen molar-refractivity contribution in [2.24, 2.45) is 0 Å². The molecule has 0 fully saturated rings. The van der Waals surface area contributed by atoms with Crippen LogP contribution >= 0.6 is 11.6 Å². The molecule has 0 bridgehead atoms. The van der Waals surface area contributed by atoms with Crippen molar-refractivity contribution in [2.75, 3.05) is 0 Å². The van der Waals surface area contributed by atoms with Crippen LogP contribution in [0.25, 0.3) is 0 Å². The van der Waals surface area contributed by atoms with Crippen LogP contribution in [-0.4, -0.2) is 16.4 Å². The third-order valence-electron chi connectivity index (χ3n) is 1.64. The molecule has 1 radical (unpaired) electrons. The molecule has 0 spiro atoms. The van der Waals surface area contributed by atoms with Gasteiger partial charge in [-0.05, 0) is 20.3 Å². The third-order valence-corrected chi connectivity index (χ3v) is 2.36. The second-order valence-corrected chi connectivity index (χ2v) is 3.16. The first kappa shape index (κ1) is 10.6. The first-order valence-corrected chi connectivity index (χ1v) is 3.83. The lowest BCUT2D eigenvalue weighted by molar-refractivity contribution is -0.128. The lowest BCUT2D eigenvalue weighted by atomic mass is 9.94. The van der Waals surface area contributed by atoms with E-state index in [1.165, 1.54) is 13.8 Å². The van der Waals surface area contributed by atoms with Crippen LogP contribution in [0.4, 0.5) is 0 Å². The third kappa shape index (κ3) is 2.29. The molecule has 0 aromatic heterocycles. The molecule has 0 saturated heterocycles. The zero-order chi connectivity index (χ0) is 9.07. The summed E-state index contributed by atoms with van der Waals surface area (Å²) in [7, 11) is 0. The highest BCUT2D eigenvalue weighted by molar-refractivity contribution is 6.46. The van der Waals surface area contributed by atoms with E-state index in [0.717, 1.165) is 0 Å². The first-order valence-electron chi connectivity index (χ1n) is 3.45. The molecule has 0 atom stereocenters. The van der Waals surface area contributed by atoms with Crippen molar-refractivity contribution >= 4 is 23.2 Å². The van der Waals surface area contributed by atoms with Crippen LogP contribution in [0.15, 0.2) is 0 Å². The molecule has 3 heteroatoms. The Morgan fingerprint density at radius 3 is 1.82 bits per heavy atom. The Morgan fingerprint density at radius 1 is 1.36 bits per heavy atom. The number of ketones is 2. The summed E-state index contributed by atoms with van der Waals surface area (Å²) in [6.45, 7) is 6.19. The number of rotatable bonds is 4. The van der Waals surface area contributed by atoms with Gasteiger partial charge in [0.15, 0.2) is 16.4 Å². The molecule has 0 aliphatic rings. The van der Waals surface area contributed by atoms with Crippen LogP contribution in [0.2, 0.25) is 0 Å². The molecule has 0 heterocycles. The topological polar surface area (TPSA) is 34.1 Å². The standard InChI is InChI=1S/C8H12ClO2/c1-4-5-8(9,6(2)10)7(3)11/h1,4-5H2,2-3H3. The molecule has 2 nitrogen and oxygen atoms in total. The van der Waals surface area contributed by atoms with Gasteiger partial charge < -0.3 is 0 Å². The fraction of sp³-hybridized carbons (Fsp3) is 0.625. The Hall–Kier alpha value is -0.370. The molecule has 0 aliphatic carbocycles. The molecule has 0 aromatic carbocycles. The van der Waals surface area contributed by atoms with Crippen molar-refractivity contribution in [1.29, 1.82) is 0 Å². The van der Waals surface area contributed by atoms with Crippen LogP contribution in [-0.2, 0) is 9.59 Å². The summed E-state index contributed by atoms with van der Waals surface area (Å²) in [6, 6.07) is 0. The molecule has 0 unspecified atom stereocenters. The molecule has 63 valence electrons. The first-order chi connectivity index (χ1) is 4.95. The van der Waals surface area contributed by atoms with E-state index in [9.17, 15) is 9.59 Å². The van der Waals surface area contributed by atoms with Gasteiger partial charge in [-0.3, -0.25) is 9.59 Å². The monoisotopic (exact) mass is 175 g/mol. The van der Waals surface area contributed by atoms with E-state index in [2.05, 4.69) is 6.92 Å². The summed E-state index contributed by atoms with van der Waals surface area (Å²) < 4.78 is 0. The maximum Gasteiger partial charge on any atom is 0.160 e. The van der Waals surface area contributed by atoms with Gasteiger partial charge in [-0.15, -0.1) is 11.6 Å². The van der Waals surface area contributed by atoms with Crippen LogP contribution in [0.3, 0.4) is 0 Å². The normalized spacial score (nSPS) is 11.3. The SMILES string of the molecule is [CH2]CCC(Cl)(C(C)=O)C(C)=O. The average Bonchev–Trinajstić information content (AvgIpc) is 1.87. The van der Waals surface area contributed by atoms with Gasteiger partial charge in [0, 0.05) is 0 Å². The van der Waals surface area contributed by atoms with E-state index in [1.807, 2.05) is 0 Å². The van der Waals surface area contributed by atoms with E-state index < -0.39 is 4.87 Å². The second-order valence-electron chi connectivity index (χ2n) is 2.52. The van der Waals surface area contributed by atoms with Gasteiger partial charge in [0.1, 0.15) is 0 Å². The predicted molar refractivity (Wildman–Crippen MR) is 44.5 cm³/mol. The van der Waals surface area contributed by atoms with Crippen molar-refractivity contribution in [3.05, 3.63) is 6.92 Å². The van der Waals surface area contributed by atoms with E-state index >= 15 is 0 Å². The number of Topliss-reactive ketones (excluding diaryl/α,β-unsaturated/α-hetero) is 2. The van der Waals surface area contributed by atoms with Crippen molar-refractivity contribution in [3.8, 4) is 0 Å². The van der Waals surface area contributed by atoms with E-state index in [1.54, 1.807) is 0 Å². The van der Waals surface area contributed by atoms with Crippen molar-refractivity contribution in [3.63, 3.8) is 0 Å². The second kappa shape index (κ2) is 3.86. The molecular formula is C8H12ClO2. The quantitative estimate of drug-likeness (QED) is 0.482. The zero-order valence-electron chi connectivity index (χ0n) is 6.82. The van der Waals surface area contributed by atoms with Crippen LogP contribution in [0.5, 0.6) is 0 Å². The molecular weight excluding hydrogens is 164 g/mol. The highest BCUT2D eigenvalue weighted by atomic mass is 35.5. The number of carbonyl (C=O) groups is 2. The molecule has 11 heavy (non-hydrogen) atoms. The Kier molecular flexibility index (Phi) is 3.73. The molecule has 0 rings (SSSR count). The van der Waals surface area contributed by atoms with E-state index in [4.69, 9.17) is 11.6 Å². The average molecular weight is 176 g/mol. The largest absolute Gasteiger partial charge is 0.298 e. The summed E-state index contributed by atoms with van der Waals surface area (Å²) >= 11 is 5.77. The fourth-order valence-electron chi connectivity index (χ4n) is 0.844. The summed E-state index contributed by atoms with van der Waals surface area (Å²) in [5.74, 6) is -0.592. The molecule has 0 amide bonds. The number of hydrogen-bond donors (Lipinski definition) is 0. The lowest BCUT2D eigenvalue weighted by Gasteiger charge is -2.19. The zero-order valence-corrected chi connectivity index (χ0v) is 7.57. The van der Waals surface area contributed by atoms with Gasteiger partial charge >= 0.3 is 0 Å². The highest BCUT2D eigenvalue weighted by Crippen LogP contribution is 2.23. The van der Waals surface area contributed by atoms with Crippen molar-refractivity contribution < 1.29 is 9.59 Å². The number of alkyl halides is 1. The van der Waals surface area contributed by atoms with Gasteiger partial charge in [0.2, 0.25) is 0 Å². The van der Waals surface area contributed by atoms with Gasteiger partial charge in [-0.25, -0.2) is 0 Å². The van der Waals surface area contributed by atoms with E-state index in [-0.39, 0.29) is 11.6 Å². The van der Waals surface area contributed by atoms with Gasteiger partial charge in [0.25, 0.3) is 0 Å². The Labute approximate surface area is 71.9 Å². The molecule has 0 N–H and O–H groups in total. The smallest absolute Gasteiger partial charge is 0.160 e. The Balaban J connectivity index is 4.52. The van der Waals surface area contributed by atoms with Crippen LogP contribution < -0.4 is 0 Å². The fourth-order valence-corrected chi connectivity index (χ4v) is 0.977. The van der Waals surface area contributed by atoms with Crippen LogP contribution in [0.1, 0.15) is 26.7 Å². The summed E-state index contributed by atoms with van der Waals surface area (Å²) in [6.07, 6.45) is 0.807. The summed E-state index contributed by atoms with van der Waals surface area (Å²) in [5.41, 5.74) is 0. The number of carbonyl (C=O) groups excluding carboxylic acids is 2. The Bertz CT molecular complexity index is 161. The van der Waals surface area contributed by atoms with Crippen molar-refractivity contribution in [2.45, 2.75) is 31.6 Å². The minimum absolute atomic E-state index is 0.296. The molecule has 0 aliphatic heterocycles. The predicted octanol–water partition coefficient (Wildman–Crippen LogP) is 1.76. The number of halogens is 1. The van der Waals surface area contributed by atoms with E-state index in [0.29, 0.717) is 12.8 Å². The number of hydrogen-bond acceptors (Lipinski definition) is 2. The van der Waals surface area contributed by atoms with Gasteiger partial charge in [-0.1, -0.05) is 13.3 Å². The minimum atomic E-state index is -1.32. The lowest BCUT2D eigenvalue weighted by Crippen LogP contribution is -2.37. The van der Waals surface area contributed by atoms with Gasteiger partial charge in [-0.2, -0.15) is 0 Å². The highest BCUT2D eigenvalue weighted by Gasteiger charge is 2.36. The minimum Gasteiger partial charge on any atom is -0.298 e. The molecule has 0 saturated carbocycles. The maximum absolute atomic E-state index is 10.9. The Morgan fingerprint density at radius 2 is 1.73 bits per heavy atom. The van der Waals surface area contributed by atoms with Crippen LogP contribution in [0, 0.1) is 6.92 Å².